The normalized spacial score (nSPS) is 10.4. The monoisotopic (exact) mass is 243 g/mol. The van der Waals surface area contributed by atoms with Crippen LogP contribution in [0.2, 0.25) is 0 Å². The number of amides is 1. The van der Waals surface area contributed by atoms with E-state index in [4.69, 9.17) is 0 Å². The summed E-state index contributed by atoms with van der Waals surface area (Å²) in [4.78, 5) is 11.8. The first-order chi connectivity index (χ1) is 8.56. The number of aromatic amines is 1. The van der Waals surface area contributed by atoms with Gasteiger partial charge in [0.05, 0.1) is 0 Å². The molecule has 0 spiro atoms. The summed E-state index contributed by atoms with van der Waals surface area (Å²) in [6.07, 6.45) is 0. The van der Waals surface area contributed by atoms with E-state index < -0.39 is 0 Å². The molecule has 0 saturated carbocycles. The fourth-order valence-electron chi connectivity index (χ4n) is 1.84. The molecule has 4 heteroatoms. The van der Waals surface area contributed by atoms with Crippen LogP contribution in [0.15, 0.2) is 24.3 Å². The van der Waals surface area contributed by atoms with Crippen molar-refractivity contribution in [1.29, 1.82) is 0 Å². The quantitative estimate of drug-likeness (QED) is 0.868. The maximum absolute atomic E-state index is 11.8. The largest absolute Gasteiger partial charge is 0.347 e. The lowest BCUT2D eigenvalue weighted by Crippen LogP contribution is -2.23. The van der Waals surface area contributed by atoms with Crippen LogP contribution in [0.5, 0.6) is 0 Å². The Morgan fingerprint density at radius 1 is 1.28 bits per heavy atom. The van der Waals surface area contributed by atoms with E-state index in [1.54, 1.807) is 6.07 Å². The van der Waals surface area contributed by atoms with Gasteiger partial charge in [0.25, 0.3) is 5.91 Å². The zero-order valence-electron chi connectivity index (χ0n) is 10.9. The molecular formula is C14H17N3O. The fraction of sp³-hybridized carbons (Fsp3) is 0.286. The second-order valence-electron chi connectivity index (χ2n) is 4.55. The Bertz CT molecular complexity index is 572. The van der Waals surface area contributed by atoms with Crippen LogP contribution < -0.4 is 5.32 Å². The molecule has 0 saturated heterocycles. The first kappa shape index (κ1) is 12.4. The fourth-order valence-corrected chi connectivity index (χ4v) is 1.84. The average Bonchev–Trinajstić information content (AvgIpc) is 2.74. The minimum absolute atomic E-state index is 0.153. The molecule has 4 nitrogen and oxygen atoms in total. The summed E-state index contributed by atoms with van der Waals surface area (Å²) in [5, 5.41) is 9.55. The van der Waals surface area contributed by atoms with Crippen molar-refractivity contribution in [2.45, 2.75) is 27.3 Å². The molecule has 18 heavy (non-hydrogen) atoms. The highest BCUT2D eigenvalue weighted by Gasteiger charge is 2.09. The van der Waals surface area contributed by atoms with Crippen molar-refractivity contribution in [2.24, 2.45) is 0 Å². The molecule has 1 heterocycles. The molecule has 1 aromatic carbocycles. The van der Waals surface area contributed by atoms with Crippen molar-refractivity contribution in [3.63, 3.8) is 0 Å². The molecule has 0 radical (unpaired) electrons. The van der Waals surface area contributed by atoms with E-state index in [-0.39, 0.29) is 5.91 Å². The van der Waals surface area contributed by atoms with E-state index in [1.165, 1.54) is 11.1 Å². The van der Waals surface area contributed by atoms with Crippen molar-refractivity contribution in [3.05, 3.63) is 52.3 Å². The zero-order chi connectivity index (χ0) is 13.1. The van der Waals surface area contributed by atoms with Gasteiger partial charge in [-0.3, -0.25) is 9.89 Å². The Balaban J connectivity index is 2.01. The predicted molar refractivity (Wildman–Crippen MR) is 70.4 cm³/mol. The van der Waals surface area contributed by atoms with Gasteiger partial charge in [0.15, 0.2) is 0 Å². The van der Waals surface area contributed by atoms with E-state index >= 15 is 0 Å². The number of carbonyl (C=O) groups is 1. The van der Waals surface area contributed by atoms with Crippen LogP contribution in [-0.4, -0.2) is 16.1 Å². The van der Waals surface area contributed by atoms with E-state index in [0.717, 1.165) is 11.3 Å². The Morgan fingerprint density at radius 2 is 2.06 bits per heavy atom. The molecule has 1 aromatic heterocycles. The predicted octanol–water partition coefficient (Wildman–Crippen LogP) is 2.26. The lowest BCUT2D eigenvalue weighted by molar-refractivity contribution is 0.0946. The van der Waals surface area contributed by atoms with Gasteiger partial charge in [-0.1, -0.05) is 23.8 Å². The lowest BCUT2D eigenvalue weighted by atomic mass is 10.1. The summed E-state index contributed by atoms with van der Waals surface area (Å²) < 4.78 is 0. The first-order valence-corrected chi connectivity index (χ1v) is 5.92. The van der Waals surface area contributed by atoms with Crippen LogP contribution in [0.25, 0.3) is 0 Å². The number of nitrogens with one attached hydrogen (secondary N) is 2. The summed E-state index contributed by atoms with van der Waals surface area (Å²) in [5.74, 6) is -0.153. The standard InChI is InChI=1S/C14H17N3O/c1-9-4-5-12(10(2)6-9)8-15-14(18)13-7-11(3)16-17-13/h4-7H,8H2,1-3H3,(H,15,18)(H,16,17). The number of carbonyl (C=O) groups excluding carboxylic acids is 1. The van der Waals surface area contributed by atoms with Crippen molar-refractivity contribution in [1.82, 2.24) is 15.5 Å². The summed E-state index contributed by atoms with van der Waals surface area (Å²) >= 11 is 0. The smallest absolute Gasteiger partial charge is 0.272 e. The molecule has 0 bridgehead atoms. The number of hydrogen-bond donors (Lipinski definition) is 2. The molecule has 0 aliphatic carbocycles. The van der Waals surface area contributed by atoms with Crippen LogP contribution in [-0.2, 0) is 6.54 Å². The van der Waals surface area contributed by atoms with Crippen LogP contribution >= 0.6 is 0 Å². The Hall–Kier alpha value is -2.10. The Labute approximate surface area is 106 Å². The number of hydrogen-bond acceptors (Lipinski definition) is 2. The maximum Gasteiger partial charge on any atom is 0.272 e. The minimum Gasteiger partial charge on any atom is -0.347 e. The highest BCUT2D eigenvalue weighted by atomic mass is 16.1. The molecule has 2 rings (SSSR count). The SMILES string of the molecule is Cc1ccc(CNC(=O)c2cc(C)[nH]n2)c(C)c1. The average molecular weight is 243 g/mol. The number of aromatic nitrogens is 2. The topological polar surface area (TPSA) is 57.8 Å². The summed E-state index contributed by atoms with van der Waals surface area (Å²) in [6, 6.07) is 7.94. The second kappa shape index (κ2) is 5.04. The minimum atomic E-state index is -0.153. The molecule has 94 valence electrons. The third kappa shape index (κ3) is 2.77. The molecule has 0 aliphatic rings. The molecule has 0 fully saturated rings. The number of rotatable bonds is 3. The molecule has 1 amide bonds. The van der Waals surface area contributed by atoms with E-state index in [9.17, 15) is 4.79 Å². The Kier molecular flexibility index (Phi) is 3.46. The third-order valence-electron chi connectivity index (χ3n) is 2.88. The van der Waals surface area contributed by atoms with Gasteiger partial charge in [-0.05, 0) is 38.0 Å². The molecule has 2 aromatic rings. The van der Waals surface area contributed by atoms with Gasteiger partial charge in [-0.25, -0.2) is 0 Å². The van der Waals surface area contributed by atoms with Gasteiger partial charge < -0.3 is 5.32 Å². The summed E-state index contributed by atoms with van der Waals surface area (Å²) in [5.41, 5.74) is 4.85. The van der Waals surface area contributed by atoms with Gasteiger partial charge in [-0.2, -0.15) is 5.10 Å². The Morgan fingerprint density at radius 3 is 2.67 bits per heavy atom. The van der Waals surface area contributed by atoms with Crippen molar-refractivity contribution < 1.29 is 4.79 Å². The van der Waals surface area contributed by atoms with Gasteiger partial charge >= 0.3 is 0 Å². The van der Waals surface area contributed by atoms with Crippen LogP contribution in [0, 0.1) is 20.8 Å². The zero-order valence-corrected chi connectivity index (χ0v) is 10.9. The molecule has 0 unspecified atom stereocenters. The van der Waals surface area contributed by atoms with E-state index in [1.807, 2.05) is 26.0 Å². The molecule has 0 aliphatic heterocycles. The number of benzene rings is 1. The summed E-state index contributed by atoms with van der Waals surface area (Å²) in [7, 11) is 0. The van der Waals surface area contributed by atoms with Gasteiger partial charge in [-0.15, -0.1) is 0 Å². The van der Waals surface area contributed by atoms with Crippen molar-refractivity contribution in [3.8, 4) is 0 Å². The van der Waals surface area contributed by atoms with E-state index in [2.05, 4.69) is 28.5 Å². The second-order valence-corrected chi connectivity index (χ2v) is 4.55. The van der Waals surface area contributed by atoms with Gasteiger partial charge in [0.1, 0.15) is 5.69 Å². The van der Waals surface area contributed by atoms with Gasteiger partial charge in [0.2, 0.25) is 0 Å². The number of H-pyrrole nitrogens is 1. The highest BCUT2D eigenvalue weighted by Crippen LogP contribution is 2.10. The van der Waals surface area contributed by atoms with Crippen LogP contribution in [0.1, 0.15) is 32.9 Å². The van der Waals surface area contributed by atoms with Crippen LogP contribution in [0.3, 0.4) is 0 Å². The van der Waals surface area contributed by atoms with Crippen LogP contribution in [0.4, 0.5) is 0 Å². The summed E-state index contributed by atoms with van der Waals surface area (Å²) in [6.45, 7) is 6.50. The maximum atomic E-state index is 11.8. The molecule has 0 atom stereocenters. The number of nitrogens with zero attached hydrogens (tertiary/aromatic N) is 1. The first-order valence-electron chi connectivity index (χ1n) is 5.92. The van der Waals surface area contributed by atoms with Gasteiger partial charge in [0, 0.05) is 12.2 Å². The molecule has 2 N–H and O–H groups in total. The molecular weight excluding hydrogens is 226 g/mol. The lowest BCUT2D eigenvalue weighted by Gasteiger charge is -2.07. The third-order valence-corrected chi connectivity index (χ3v) is 2.88. The van der Waals surface area contributed by atoms with Crippen molar-refractivity contribution in [2.75, 3.05) is 0 Å². The van der Waals surface area contributed by atoms with Crippen molar-refractivity contribution >= 4 is 5.91 Å². The highest BCUT2D eigenvalue weighted by molar-refractivity contribution is 5.92. The number of aryl methyl sites for hydroxylation is 3. The van der Waals surface area contributed by atoms with E-state index in [0.29, 0.717) is 12.2 Å².